The molecule has 0 aromatic heterocycles. The Morgan fingerprint density at radius 1 is 0.967 bits per heavy atom. The Labute approximate surface area is 177 Å². The van der Waals surface area contributed by atoms with Gasteiger partial charge in [0, 0.05) is 31.1 Å². The molecule has 1 saturated heterocycles. The lowest BCUT2D eigenvalue weighted by Crippen LogP contribution is -2.44. The Balaban J connectivity index is 1.26. The first-order chi connectivity index (χ1) is 14.6. The number of carbonyl (C=O) groups is 2. The highest BCUT2D eigenvalue weighted by atomic mass is 16.5. The zero-order chi connectivity index (χ0) is 20.9. The monoisotopic (exact) mass is 408 g/mol. The minimum absolute atomic E-state index is 0.100. The molecular weight excluding hydrogens is 380 g/mol. The van der Waals surface area contributed by atoms with Crippen molar-refractivity contribution in [3.63, 3.8) is 0 Å². The first-order valence-corrected chi connectivity index (χ1v) is 10.6. The molecule has 2 aliphatic rings. The smallest absolute Gasteiger partial charge is 0.251 e. The minimum atomic E-state index is -0.100. The first kappa shape index (κ1) is 20.3. The summed E-state index contributed by atoms with van der Waals surface area (Å²) in [4.78, 5) is 26.8. The standard InChI is InChI=1S/C24H28N2O4/c1-29-20-10-12-22(13-11-20)30-21-8-6-18(7-9-21)23(27)25-15-17-3-2-14-26(16-17)24(28)19-4-5-19/h6-13,17,19H,2-5,14-16H2,1H3,(H,25,27). The highest BCUT2D eigenvalue weighted by Crippen LogP contribution is 2.32. The van der Waals surface area contributed by atoms with Crippen molar-refractivity contribution < 1.29 is 19.1 Å². The van der Waals surface area contributed by atoms with E-state index in [-0.39, 0.29) is 11.8 Å². The second-order valence-corrected chi connectivity index (χ2v) is 8.08. The molecule has 1 unspecified atom stereocenters. The molecule has 30 heavy (non-hydrogen) atoms. The van der Waals surface area contributed by atoms with Crippen LogP contribution in [-0.2, 0) is 4.79 Å². The van der Waals surface area contributed by atoms with Crippen molar-refractivity contribution >= 4 is 11.8 Å². The molecule has 1 aliphatic carbocycles. The number of carbonyl (C=O) groups excluding carboxylic acids is 2. The topological polar surface area (TPSA) is 67.9 Å². The van der Waals surface area contributed by atoms with Gasteiger partial charge in [-0.25, -0.2) is 0 Å². The zero-order valence-electron chi connectivity index (χ0n) is 17.3. The van der Waals surface area contributed by atoms with Crippen LogP contribution in [0, 0.1) is 11.8 Å². The fraction of sp³-hybridized carbons (Fsp3) is 0.417. The number of hydrogen-bond donors (Lipinski definition) is 1. The molecule has 6 heteroatoms. The van der Waals surface area contributed by atoms with Gasteiger partial charge in [0.25, 0.3) is 5.91 Å². The number of methoxy groups -OCH3 is 1. The summed E-state index contributed by atoms with van der Waals surface area (Å²) in [5.74, 6) is 2.93. The van der Waals surface area contributed by atoms with E-state index >= 15 is 0 Å². The normalized spacial score (nSPS) is 18.6. The van der Waals surface area contributed by atoms with Gasteiger partial charge in [0.1, 0.15) is 17.2 Å². The first-order valence-electron chi connectivity index (χ1n) is 10.6. The van der Waals surface area contributed by atoms with Crippen LogP contribution >= 0.6 is 0 Å². The molecule has 6 nitrogen and oxygen atoms in total. The number of ether oxygens (including phenoxy) is 2. The van der Waals surface area contributed by atoms with Crippen molar-refractivity contribution in [1.29, 1.82) is 0 Å². The van der Waals surface area contributed by atoms with Crippen LogP contribution in [-0.4, -0.2) is 43.5 Å². The summed E-state index contributed by atoms with van der Waals surface area (Å²) in [5.41, 5.74) is 0.596. The summed E-state index contributed by atoms with van der Waals surface area (Å²) < 4.78 is 10.9. The van der Waals surface area contributed by atoms with Crippen molar-refractivity contribution in [1.82, 2.24) is 10.2 Å². The van der Waals surface area contributed by atoms with E-state index in [1.165, 1.54) is 0 Å². The van der Waals surface area contributed by atoms with E-state index in [1.54, 1.807) is 31.4 Å². The van der Waals surface area contributed by atoms with Gasteiger partial charge in [-0.15, -0.1) is 0 Å². The Morgan fingerprint density at radius 3 is 2.23 bits per heavy atom. The summed E-state index contributed by atoms with van der Waals surface area (Å²) in [6.45, 7) is 2.21. The van der Waals surface area contributed by atoms with Crippen molar-refractivity contribution in [2.24, 2.45) is 11.8 Å². The maximum absolute atomic E-state index is 12.5. The Morgan fingerprint density at radius 2 is 1.60 bits per heavy atom. The second-order valence-electron chi connectivity index (χ2n) is 8.08. The van der Waals surface area contributed by atoms with Crippen LogP contribution in [0.25, 0.3) is 0 Å². The van der Waals surface area contributed by atoms with Gasteiger partial charge in [-0.3, -0.25) is 9.59 Å². The molecule has 1 N–H and O–H groups in total. The Kier molecular flexibility index (Phi) is 6.21. The fourth-order valence-electron chi connectivity index (χ4n) is 3.81. The van der Waals surface area contributed by atoms with Gasteiger partial charge in [0.05, 0.1) is 7.11 Å². The van der Waals surface area contributed by atoms with Gasteiger partial charge in [-0.2, -0.15) is 0 Å². The zero-order valence-corrected chi connectivity index (χ0v) is 17.3. The van der Waals surface area contributed by atoms with E-state index in [4.69, 9.17) is 9.47 Å². The number of benzene rings is 2. The van der Waals surface area contributed by atoms with Crippen molar-refractivity contribution in [2.75, 3.05) is 26.7 Å². The lowest BCUT2D eigenvalue weighted by atomic mass is 9.97. The van der Waals surface area contributed by atoms with Crippen LogP contribution in [0.1, 0.15) is 36.0 Å². The van der Waals surface area contributed by atoms with Crippen LogP contribution in [0.3, 0.4) is 0 Å². The highest BCUT2D eigenvalue weighted by Gasteiger charge is 2.35. The number of likely N-dealkylation sites (tertiary alicyclic amines) is 1. The number of amides is 2. The van der Waals surface area contributed by atoms with Crippen LogP contribution < -0.4 is 14.8 Å². The van der Waals surface area contributed by atoms with Crippen LogP contribution in [0.4, 0.5) is 0 Å². The third-order valence-corrected chi connectivity index (χ3v) is 5.72. The van der Waals surface area contributed by atoms with Crippen molar-refractivity contribution in [2.45, 2.75) is 25.7 Å². The third kappa shape index (κ3) is 5.12. The largest absolute Gasteiger partial charge is 0.497 e. The van der Waals surface area contributed by atoms with E-state index in [0.717, 1.165) is 44.5 Å². The van der Waals surface area contributed by atoms with E-state index in [1.807, 2.05) is 29.2 Å². The fourth-order valence-corrected chi connectivity index (χ4v) is 3.81. The number of nitrogens with one attached hydrogen (secondary N) is 1. The molecule has 1 aliphatic heterocycles. The molecular formula is C24H28N2O4. The minimum Gasteiger partial charge on any atom is -0.497 e. The maximum Gasteiger partial charge on any atom is 0.251 e. The highest BCUT2D eigenvalue weighted by molar-refractivity contribution is 5.94. The molecule has 4 rings (SSSR count). The molecule has 1 heterocycles. The molecule has 2 amide bonds. The average molecular weight is 408 g/mol. The molecule has 158 valence electrons. The van der Waals surface area contributed by atoms with Gasteiger partial charge in [-0.1, -0.05) is 0 Å². The summed E-state index contributed by atoms with van der Waals surface area (Å²) in [7, 11) is 1.62. The van der Waals surface area contributed by atoms with E-state index in [2.05, 4.69) is 5.32 Å². The van der Waals surface area contributed by atoms with Gasteiger partial charge >= 0.3 is 0 Å². The number of rotatable bonds is 7. The average Bonchev–Trinajstić information content (AvgIpc) is 3.64. The van der Waals surface area contributed by atoms with Gasteiger partial charge in [0.15, 0.2) is 0 Å². The maximum atomic E-state index is 12.5. The molecule has 0 spiro atoms. The third-order valence-electron chi connectivity index (χ3n) is 5.72. The van der Waals surface area contributed by atoms with Crippen LogP contribution in [0.5, 0.6) is 17.2 Å². The second kappa shape index (κ2) is 9.20. The van der Waals surface area contributed by atoms with Crippen molar-refractivity contribution in [3.05, 3.63) is 54.1 Å². The van der Waals surface area contributed by atoms with Crippen molar-refractivity contribution in [3.8, 4) is 17.2 Å². The summed E-state index contributed by atoms with van der Waals surface area (Å²) in [6, 6.07) is 14.4. The SMILES string of the molecule is COc1ccc(Oc2ccc(C(=O)NCC3CCCN(C(=O)C4CC4)C3)cc2)cc1. The molecule has 1 atom stereocenters. The summed E-state index contributed by atoms with van der Waals surface area (Å²) in [5, 5.41) is 3.02. The molecule has 0 radical (unpaired) electrons. The predicted octanol–water partition coefficient (Wildman–Crippen LogP) is 3.87. The lowest BCUT2D eigenvalue weighted by molar-refractivity contribution is -0.134. The lowest BCUT2D eigenvalue weighted by Gasteiger charge is -2.33. The van der Waals surface area contributed by atoms with Gasteiger partial charge < -0.3 is 19.7 Å². The summed E-state index contributed by atoms with van der Waals surface area (Å²) >= 11 is 0. The number of nitrogens with zero attached hydrogens (tertiary/aromatic N) is 1. The van der Waals surface area contributed by atoms with Gasteiger partial charge in [-0.05, 0) is 80.1 Å². The van der Waals surface area contributed by atoms with E-state index in [9.17, 15) is 9.59 Å². The molecule has 2 fully saturated rings. The summed E-state index contributed by atoms with van der Waals surface area (Å²) in [6.07, 6.45) is 4.13. The molecule has 1 saturated carbocycles. The van der Waals surface area contributed by atoms with Gasteiger partial charge in [0.2, 0.25) is 5.91 Å². The van der Waals surface area contributed by atoms with E-state index in [0.29, 0.717) is 35.4 Å². The molecule has 0 bridgehead atoms. The van der Waals surface area contributed by atoms with E-state index < -0.39 is 0 Å². The predicted molar refractivity (Wildman–Crippen MR) is 114 cm³/mol. The molecule has 2 aromatic carbocycles. The number of piperidine rings is 1. The molecule has 2 aromatic rings. The quantitative estimate of drug-likeness (QED) is 0.755. The number of hydrogen-bond acceptors (Lipinski definition) is 4. The van der Waals surface area contributed by atoms with Crippen LogP contribution in [0.15, 0.2) is 48.5 Å². The van der Waals surface area contributed by atoms with Crippen LogP contribution in [0.2, 0.25) is 0 Å². The Hall–Kier alpha value is -3.02. The Bertz CT molecular complexity index is 875.